The molecule has 0 amide bonds. The SMILES string of the molecule is Cc1nc(CC(NN)c2ccc(F)c(Br)c2)sc1C. The van der Waals surface area contributed by atoms with Crippen LogP contribution in [0.3, 0.4) is 0 Å². The lowest BCUT2D eigenvalue weighted by Crippen LogP contribution is -2.29. The van der Waals surface area contributed by atoms with Gasteiger partial charge in [0.1, 0.15) is 5.82 Å². The number of aryl methyl sites for hydroxylation is 2. The zero-order valence-electron chi connectivity index (χ0n) is 10.7. The van der Waals surface area contributed by atoms with E-state index in [0.29, 0.717) is 10.9 Å². The van der Waals surface area contributed by atoms with E-state index in [-0.39, 0.29) is 11.9 Å². The first-order valence-corrected chi connectivity index (χ1v) is 7.46. The highest BCUT2D eigenvalue weighted by Gasteiger charge is 2.15. The summed E-state index contributed by atoms with van der Waals surface area (Å²) < 4.78 is 13.7. The number of benzene rings is 1. The molecule has 0 aliphatic heterocycles. The molecule has 1 heterocycles. The summed E-state index contributed by atoms with van der Waals surface area (Å²) in [5, 5.41) is 1.03. The molecule has 3 N–H and O–H groups in total. The van der Waals surface area contributed by atoms with Gasteiger partial charge in [-0.1, -0.05) is 6.07 Å². The van der Waals surface area contributed by atoms with Gasteiger partial charge in [-0.2, -0.15) is 0 Å². The number of nitrogens with one attached hydrogen (secondary N) is 1. The summed E-state index contributed by atoms with van der Waals surface area (Å²) >= 11 is 4.86. The van der Waals surface area contributed by atoms with Gasteiger partial charge in [0.25, 0.3) is 0 Å². The van der Waals surface area contributed by atoms with Crippen molar-refractivity contribution < 1.29 is 4.39 Å². The zero-order chi connectivity index (χ0) is 14.0. The van der Waals surface area contributed by atoms with Gasteiger partial charge in [-0.15, -0.1) is 11.3 Å². The molecule has 2 rings (SSSR count). The number of hydrogen-bond acceptors (Lipinski definition) is 4. The molecule has 0 aliphatic carbocycles. The van der Waals surface area contributed by atoms with Crippen LogP contribution in [-0.4, -0.2) is 4.98 Å². The van der Waals surface area contributed by atoms with Gasteiger partial charge in [0.15, 0.2) is 0 Å². The minimum absolute atomic E-state index is 0.0816. The number of thiazole rings is 1. The van der Waals surface area contributed by atoms with E-state index in [1.54, 1.807) is 23.5 Å². The maximum Gasteiger partial charge on any atom is 0.137 e. The van der Waals surface area contributed by atoms with Crippen molar-refractivity contribution in [3.8, 4) is 0 Å². The Bertz CT molecular complexity index is 566. The van der Waals surface area contributed by atoms with Crippen molar-refractivity contribution in [1.82, 2.24) is 10.4 Å². The van der Waals surface area contributed by atoms with Gasteiger partial charge >= 0.3 is 0 Å². The lowest BCUT2D eigenvalue weighted by Gasteiger charge is -2.15. The van der Waals surface area contributed by atoms with Gasteiger partial charge in [0.2, 0.25) is 0 Å². The van der Waals surface area contributed by atoms with Crippen molar-refractivity contribution in [1.29, 1.82) is 0 Å². The van der Waals surface area contributed by atoms with Gasteiger partial charge in [0.05, 0.1) is 21.2 Å². The first-order valence-electron chi connectivity index (χ1n) is 5.85. The maximum absolute atomic E-state index is 13.2. The second kappa shape index (κ2) is 6.09. The van der Waals surface area contributed by atoms with Crippen molar-refractivity contribution in [3.05, 3.63) is 49.6 Å². The van der Waals surface area contributed by atoms with E-state index in [1.807, 2.05) is 6.92 Å². The fourth-order valence-corrected chi connectivity index (χ4v) is 3.18. The normalized spacial score (nSPS) is 12.7. The van der Waals surface area contributed by atoms with E-state index in [2.05, 4.69) is 33.3 Å². The van der Waals surface area contributed by atoms with Gasteiger partial charge in [-0.25, -0.2) is 9.37 Å². The van der Waals surface area contributed by atoms with E-state index in [0.717, 1.165) is 16.3 Å². The molecule has 0 aliphatic rings. The van der Waals surface area contributed by atoms with E-state index in [4.69, 9.17) is 5.84 Å². The van der Waals surface area contributed by atoms with Crippen LogP contribution < -0.4 is 11.3 Å². The average Bonchev–Trinajstić information content (AvgIpc) is 2.69. The lowest BCUT2D eigenvalue weighted by molar-refractivity contribution is 0.547. The number of nitrogens with zero attached hydrogens (tertiary/aromatic N) is 1. The minimum atomic E-state index is -0.277. The molecule has 1 unspecified atom stereocenters. The van der Waals surface area contributed by atoms with Crippen LogP contribution in [0.25, 0.3) is 0 Å². The number of hydrogen-bond donors (Lipinski definition) is 2. The third kappa shape index (κ3) is 3.39. The fourth-order valence-electron chi connectivity index (χ4n) is 1.80. The summed E-state index contributed by atoms with van der Waals surface area (Å²) in [7, 11) is 0. The van der Waals surface area contributed by atoms with Crippen molar-refractivity contribution >= 4 is 27.3 Å². The predicted molar refractivity (Wildman–Crippen MR) is 79.5 cm³/mol. The molecule has 2 aromatic rings. The molecule has 3 nitrogen and oxygen atoms in total. The standard InChI is InChI=1S/C13H15BrFN3S/c1-7-8(2)19-13(17-7)6-12(18-16)9-3-4-11(15)10(14)5-9/h3-5,12,18H,6,16H2,1-2H3. The Morgan fingerprint density at radius 1 is 1.47 bits per heavy atom. The Morgan fingerprint density at radius 2 is 2.21 bits per heavy atom. The molecule has 19 heavy (non-hydrogen) atoms. The molecule has 1 aromatic heterocycles. The summed E-state index contributed by atoms with van der Waals surface area (Å²) in [5.74, 6) is 5.33. The quantitative estimate of drug-likeness (QED) is 0.660. The molecule has 0 fully saturated rings. The van der Waals surface area contributed by atoms with Crippen LogP contribution in [0.15, 0.2) is 22.7 Å². The predicted octanol–water partition coefficient (Wildman–Crippen LogP) is 3.41. The first kappa shape index (κ1) is 14.6. The summed E-state index contributed by atoms with van der Waals surface area (Å²) in [6.45, 7) is 4.05. The highest BCUT2D eigenvalue weighted by atomic mass is 79.9. The zero-order valence-corrected chi connectivity index (χ0v) is 13.1. The van der Waals surface area contributed by atoms with Crippen LogP contribution in [0.5, 0.6) is 0 Å². The number of halogens is 2. The Kier molecular flexibility index (Phi) is 4.67. The molecular formula is C13H15BrFN3S. The van der Waals surface area contributed by atoms with Crippen LogP contribution in [-0.2, 0) is 6.42 Å². The lowest BCUT2D eigenvalue weighted by atomic mass is 10.0. The molecule has 0 radical (unpaired) electrons. The van der Waals surface area contributed by atoms with Crippen LogP contribution in [0.4, 0.5) is 4.39 Å². The Morgan fingerprint density at radius 3 is 2.74 bits per heavy atom. The first-order chi connectivity index (χ1) is 9.01. The summed E-state index contributed by atoms with van der Waals surface area (Å²) in [6.07, 6.45) is 0.688. The van der Waals surface area contributed by atoms with E-state index >= 15 is 0 Å². The smallest absolute Gasteiger partial charge is 0.137 e. The van der Waals surface area contributed by atoms with Crippen molar-refractivity contribution in [2.45, 2.75) is 26.3 Å². The molecule has 1 aromatic carbocycles. The number of aromatic nitrogens is 1. The molecular weight excluding hydrogens is 329 g/mol. The molecule has 102 valence electrons. The van der Waals surface area contributed by atoms with Crippen LogP contribution in [0, 0.1) is 19.7 Å². The van der Waals surface area contributed by atoms with Gasteiger partial charge < -0.3 is 0 Å². The fraction of sp³-hybridized carbons (Fsp3) is 0.308. The number of rotatable bonds is 4. The average molecular weight is 344 g/mol. The minimum Gasteiger partial charge on any atom is -0.271 e. The molecule has 0 saturated heterocycles. The van der Waals surface area contributed by atoms with E-state index < -0.39 is 0 Å². The van der Waals surface area contributed by atoms with Crippen molar-refractivity contribution in [2.24, 2.45) is 5.84 Å². The molecule has 0 spiro atoms. The Balaban J connectivity index is 2.22. The summed E-state index contributed by atoms with van der Waals surface area (Å²) in [5.41, 5.74) is 4.75. The number of hydrazine groups is 1. The largest absolute Gasteiger partial charge is 0.271 e. The van der Waals surface area contributed by atoms with Crippen LogP contribution in [0.1, 0.15) is 27.2 Å². The third-order valence-electron chi connectivity index (χ3n) is 3.00. The third-order valence-corrected chi connectivity index (χ3v) is 4.70. The topological polar surface area (TPSA) is 50.9 Å². The molecule has 0 bridgehead atoms. The van der Waals surface area contributed by atoms with E-state index in [9.17, 15) is 4.39 Å². The highest BCUT2D eigenvalue weighted by Crippen LogP contribution is 2.26. The second-order valence-electron chi connectivity index (χ2n) is 4.35. The molecule has 1 atom stereocenters. The Labute approximate surface area is 124 Å². The van der Waals surface area contributed by atoms with Crippen molar-refractivity contribution in [3.63, 3.8) is 0 Å². The summed E-state index contributed by atoms with van der Waals surface area (Å²) in [4.78, 5) is 5.71. The molecule has 6 heteroatoms. The molecule has 0 saturated carbocycles. The van der Waals surface area contributed by atoms with Gasteiger partial charge in [-0.3, -0.25) is 11.3 Å². The Hall–Kier alpha value is -0.820. The van der Waals surface area contributed by atoms with Gasteiger partial charge in [0, 0.05) is 11.3 Å². The summed E-state index contributed by atoms with van der Waals surface area (Å²) in [6, 6.07) is 4.83. The maximum atomic E-state index is 13.2. The van der Waals surface area contributed by atoms with Gasteiger partial charge in [-0.05, 0) is 47.5 Å². The highest BCUT2D eigenvalue weighted by molar-refractivity contribution is 9.10. The van der Waals surface area contributed by atoms with Crippen LogP contribution in [0.2, 0.25) is 0 Å². The number of nitrogens with two attached hydrogens (primary N) is 1. The monoisotopic (exact) mass is 343 g/mol. The van der Waals surface area contributed by atoms with E-state index in [1.165, 1.54) is 10.9 Å². The second-order valence-corrected chi connectivity index (χ2v) is 6.49. The van der Waals surface area contributed by atoms with Crippen molar-refractivity contribution in [2.75, 3.05) is 0 Å². The van der Waals surface area contributed by atoms with Crippen LogP contribution >= 0.6 is 27.3 Å².